The quantitative estimate of drug-likeness (QED) is 0.614. The van der Waals surface area contributed by atoms with E-state index in [2.05, 4.69) is 10.1 Å². The van der Waals surface area contributed by atoms with Crippen LogP contribution in [0.25, 0.3) is 16.5 Å². The minimum atomic E-state index is -3.24. The van der Waals surface area contributed by atoms with Gasteiger partial charge >= 0.3 is 0 Å². The van der Waals surface area contributed by atoms with Crippen LogP contribution in [0.5, 0.6) is 0 Å². The number of allylic oxidation sites excluding steroid dienone is 1. The normalized spacial score (nSPS) is 12.3. The van der Waals surface area contributed by atoms with Gasteiger partial charge in [-0.2, -0.15) is 13.9 Å². The van der Waals surface area contributed by atoms with Crippen LogP contribution in [0.4, 0.5) is 8.78 Å². The van der Waals surface area contributed by atoms with Crippen LogP contribution >= 0.6 is 0 Å². The van der Waals surface area contributed by atoms with E-state index in [1.54, 1.807) is 24.4 Å². The Labute approximate surface area is 147 Å². The van der Waals surface area contributed by atoms with E-state index < -0.39 is 12.5 Å². The van der Waals surface area contributed by atoms with Gasteiger partial charge in [0.2, 0.25) is 0 Å². The zero-order valence-electron chi connectivity index (χ0n) is 13.7. The minimum Gasteiger partial charge on any atom is -0.404 e. The van der Waals surface area contributed by atoms with Gasteiger partial charge in [-0.1, -0.05) is 12.1 Å². The van der Waals surface area contributed by atoms with E-state index in [9.17, 15) is 8.78 Å². The first kappa shape index (κ1) is 17.4. The molecular formula is C18H16F2N6. The van der Waals surface area contributed by atoms with Crippen molar-refractivity contribution in [1.29, 1.82) is 10.8 Å². The van der Waals surface area contributed by atoms with Crippen molar-refractivity contribution >= 4 is 22.7 Å². The van der Waals surface area contributed by atoms with E-state index >= 15 is 0 Å². The number of pyridine rings is 1. The standard InChI is InChI=1S/C18H16F2N6/c19-18(20,14-3-4-15-12(8-14)2-1-7-24-15)11-26-17(23)6-5-16(25-26)13(9-21)10-22/h1-10,21,23H,11,22H2/b13-10+,21-9?,23-17?. The molecule has 8 heteroatoms. The van der Waals surface area contributed by atoms with Crippen molar-refractivity contribution in [2.75, 3.05) is 0 Å². The lowest BCUT2D eigenvalue weighted by atomic mass is 10.1. The van der Waals surface area contributed by atoms with Crippen LogP contribution < -0.4 is 11.2 Å². The lowest BCUT2D eigenvalue weighted by Crippen LogP contribution is -2.31. The van der Waals surface area contributed by atoms with E-state index in [0.29, 0.717) is 10.9 Å². The van der Waals surface area contributed by atoms with Gasteiger partial charge < -0.3 is 11.1 Å². The van der Waals surface area contributed by atoms with Gasteiger partial charge in [0.05, 0.1) is 11.2 Å². The van der Waals surface area contributed by atoms with Crippen LogP contribution in [-0.2, 0) is 12.5 Å². The summed E-state index contributed by atoms with van der Waals surface area (Å²) >= 11 is 0. The van der Waals surface area contributed by atoms with Gasteiger partial charge in [-0.3, -0.25) is 10.4 Å². The predicted molar refractivity (Wildman–Crippen MR) is 94.7 cm³/mol. The summed E-state index contributed by atoms with van der Waals surface area (Å²) in [5.74, 6) is -3.24. The molecule has 0 spiro atoms. The maximum Gasteiger partial charge on any atom is 0.292 e. The van der Waals surface area contributed by atoms with Crippen LogP contribution in [0.3, 0.4) is 0 Å². The van der Waals surface area contributed by atoms with Crippen LogP contribution in [-0.4, -0.2) is 21.0 Å². The number of nitrogens with one attached hydrogen (secondary N) is 2. The molecule has 0 aliphatic heterocycles. The largest absolute Gasteiger partial charge is 0.404 e. The summed E-state index contributed by atoms with van der Waals surface area (Å²) in [7, 11) is 0. The molecule has 0 bridgehead atoms. The smallest absolute Gasteiger partial charge is 0.292 e. The number of hydrogen-bond acceptors (Lipinski definition) is 5. The summed E-state index contributed by atoms with van der Waals surface area (Å²) in [6.45, 7) is -0.804. The SMILES string of the molecule is N=C/C(=C\N)c1ccc(=N)n(CC(F)(F)c2ccc3ncccc3c2)n1. The fraction of sp³-hybridized carbons (Fsp3) is 0.111. The molecule has 0 aliphatic rings. The first-order valence-electron chi connectivity index (χ1n) is 7.73. The molecule has 0 unspecified atom stereocenters. The highest BCUT2D eigenvalue weighted by atomic mass is 19.3. The molecular weight excluding hydrogens is 338 g/mol. The maximum atomic E-state index is 14.8. The molecule has 3 aromatic rings. The Morgan fingerprint density at radius 1 is 1.23 bits per heavy atom. The molecule has 6 nitrogen and oxygen atoms in total. The Hall–Kier alpha value is -3.42. The van der Waals surface area contributed by atoms with E-state index in [-0.39, 0.29) is 22.3 Å². The highest BCUT2D eigenvalue weighted by Gasteiger charge is 2.33. The van der Waals surface area contributed by atoms with Gasteiger partial charge in [-0.25, -0.2) is 4.68 Å². The van der Waals surface area contributed by atoms with Gasteiger partial charge in [-0.15, -0.1) is 0 Å². The Bertz CT molecular complexity index is 1050. The van der Waals surface area contributed by atoms with E-state index in [0.717, 1.165) is 17.1 Å². The zero-order valence-corrected chi connectivity index (χ0v) is 13.7. The fourth-order valence-corrected chi connectivity index (χ4v) is 2.53. The highest BCUT2D eigenvalue weighted by molar-refractivity contribution is 6.07. The first-order chi connectivity index (χ1) is 12.4. The summed E-state index contributed by atoms with van der Waals surface area (Å²) in [5.41, 5.74) is 6.21. The third-order valence-corrected chi connectivity index (χ3v) is 3.91. The molecule has 0 amide bonds. The summed E-state index contributed by atoms with van der Waals surface area (Å²) in [6.07, 6.45) is 3.74. The fourth-order valence-electron chi connectivity index (χ4n) is 2.53. The number of halogens is 2. The average molecular weight is 354 g/mol. The summed E-state index contributed by atoms with van der Waals surface area (Å²) in [5, 5.41) is 19.8. The van der Waals surface area contributed by atoms with Crippen molar-refractivity contribution in [3.63, 3.8) is 0 Å². The second-order valence-corrected chi connectivity index (χ2v) is 5.64. The van der Waals surface area contributed by atoms with Crippen molar-refractivity contribution in [2.45, 2.75) is 12.5 Å². The number of fused-ring (bicyclic) bond motifs is 1. The van der Waals surface area contributed by atoms with Gasteiger partial charge in [-0.05, 0) is 30.3 Å². The second-order valence-electron chi connectivity index (χ2n) is 5.64. The number of nitrogens with two attached hydrogens (primary N) is 1. The molecule has 0 saturated heterocycles. The van der Waals surface area contributed by atoms with Gasteiger partial charge in [0.25, 0.3) is 5.92 Å². The molecule has 1 aromatic carbocycles. The number of alkyl halides is 2. The number of rotatable bonds is 5. The molecule has 0 saturated carbocycles. The maximum absolute atomic E-state index is 14.8. The van der Waals surface area contributed by atoms with E-state index in [1.165, 1.54) is 24.3 Å². The molecule has 0 aliphatic carbocycles. The summed E-state index contributed by atoms with van der Waals surface area (Å²) < 4.78 is 30.5. The predicted octanol–water partition coefficient (Wildman–Crippen LogP) is 2.65. The molecule has 4 N–H and O–H groups in total. The lowest BCUT2D eigenvalue weighted by Gasteiger charge is -2.19. The van der Waals surface area contributed by atoms with Gasteiger partial charge in [0.1, 0.15) is 12.0 Å². The molecule has 0 fully saturated rings. The van der Waals surface area contributed by atoms with Crippen molar-refractivity contribution in [3.05, 3.63) is 71.6 Å². The number of nitrogens with zero attached hydrogens (tertiary/aromatic N) is 3. The van der Waals surface area contributed by atoms with Crippen molar-refractivity contribution in [1.82, 2.24) is 14.8 Å². The topological polar surface area (TPSA) is 104 Å². The molecule has 0 radical (unpaired) electrons. The lowest BCUT2D eigenvalue weighted by molar-refractivity contribution is -0.0270. The number of benzene rings is 1. The Balaban J connectivity index is 1.99. The number of hydrogen-bond donors (Lipinski definition) is 3. The molecule has 2 aromatic heterocycles. The van der Waals surface area contributed by atoms with Gasteiger partial charge in [0.15, 0.2) is 0 Å². The third kappa shape index (κ3) is 3.34. The van der Waals surface area contributed by atoms with Gasteiger partial charge in [0, 0.05) is 35.1 Å². The zero-order chi connectivity index (χ0) is 18.7. The molecule has 26 heavy (non-hydrogen) atoms. The number of aromatic nitrogens is 3. The third-order valence-electron chi connectivity index (χ3n) is 3.91. The second kappa shape index (κ2) is 6.83. The van der Waals surface area contributed by atoms with Crippen molar-refractivity contribution < 1.29 is 8.78 Å². The van der Waals surface area contributed by atoms with Crippen LogP contribution in [0.2, 0.25) is 0 Å². The highest BCUT2D eigenvalue weighted by Crippen LogP contribution is 2.31. The monoisotopic (exact) mass is 354 g/mol. The molecule has 0 atom stereocenters. The van der Waals surface area contributed by atoms with Crippen LogP contribution in [0.15, 0.2) is 54.9 Å². The van der Waals surface area contributed by atoms with Crippen LogP contribution in [0, 0.1) is 10.8 Å². The Morgan fingerprint density at radius 2 is 2.04 bits per heavy atom. The van der Waals surface area contributed by atoms with E-state index in [4.69, 9.17) is 16.6 Å². The molecule has 2 heterocycles. The van der Waals surface area contributed by atoms with Crippen molar-refractivity contribution in [3.8, 4) is 0 Å². The molecule has 3 rings (SSSR count). The van der Waals surface area contributed by atoms with E-state index in [1.807, 2.05) is 0 Å². The summed E-state index contributed by atoms with van der Waals surface area (Å²) in [4.78, 5) is 4.12. The summed E-state index contributed by atoms with van der Waals surface area (Å²) in [6, 6.07) is 10.5. The minimum absolute atomic E-state index is 0.169. The first-order valence-corrected chi connectivity index (χ1v) is 7.73. The Kier molecular flexibility index (Phi) is 4.57. The van der Waals surface area contributed by atoms with Crippen molar-refractivity contribution in [2.24, 2.45) is 5.73 Å². The average Bonchev–Trinajstić information content (AvgIpc) is 2.64. The van der Waals surface area contributed by atoms with Crippen LogP contribution in [0.1, 0.15) is 11.3 Å². The Morgan fingerprint density at radius 3 is 2.77 bits per heavy atom. The molecule has 132 valence electrons.